The third-order valence-electron chi connectivity index (χ3n) is 5.77. The minimum atomic E-state index is 0.694. The summed E-state index contributed by atoms with van der Waals surface area (Å²) in [5, 5.41) is 21.7. The summed E-state index contributed by atoms with van der Waals surface area (Å²) in [7, 11) is 0. The van der Waals surface area contributed by atoms with Gasteiger partial charge in [0.2, 0.25) is 5.82 Å². The number of nitrogens with zero attached hydrogens (tertiary/aromatic N) is 7. The fraction of sp³-hybridized carbons (Fsp3) is 0.417. The molecule has 2 aromatic carbocycles. The average molecular weight is 416 g/mol. The summed E-state index contributed by atoms with van der Waals surface area (Å²) in [4.78, 5) is 6.78. The highest BCUT2D eigenvalue weighted by Gasteiger charge is 2.16. The Morgan fingerprint density at radius 2 is 1.52 bits per heavy atom. The predicted molar refractivity (Wildman–Crippen MR) is 120 cm³/mol. The van der Waals surface area contributed by atoms with Crippen LogP contribution in [-0.2, 0) is 13.1 Å². The number of benzene rings is 2. The maximum atomic E-state index is 8.91. The van der Waals surface area contributed by atoms with Crippen molar-refractivity contribution in [2.45, 2.75) is 32.4 Å². The Balaban J connectivity index is 1.10. The standard InChI is InChI=1S/C24H29N7/c25-19-21-9-11-22(12-10-21)20-30-17-15-29(16-18-30)13-5-2-6-14-31-27-24(26-28-31)23-7-3-1-4-8-23/h1,3-4,7-12H,2,5-6,13-18,20H2. The Morgan fingerprint density at radius 1 is 0.806 bits per heavy atom. The summed E-state index contributed by atoms with van der Waals surface area (Å²) in [6.07, 6.45) is 3.45. The summed E-state index contributed by atoms with van der Waals surface area (Å²) in [5.74, 6) is 0.694. The predicted octanol–water partition coefficient (Wildman–Crippen LogP) is 3.20. The van der Waals surface area contributed by atoms with E-state index in [0.29, 0.717) is 5.82 Å². The van der Waals surface area contributed by atoms with Gasteiger partial charge < -0.3 is 4.90 Å². The molecule has 0 atom stereocenters. The fourth-order valence-corrected chi connectivity index (χ4v) is 3.92. The van der Waals surface area contributed by atoms with Crippen LogP contribution in [0.2, 0.25) is 0 Å². The second kappa shape index (κ2) is 10.8. The first-order valence-corrected chi connectivity index (χ1v) is 11.1. The van der Waals surface area contributed by atoms with Crippen molar-refractivity contribution in [2.75, 3.05) is 32.7 Å². The molecule has 0 aliphatic carbocycles. The van der Waals surface area contributed by atoms with Crippen LogP contribution in [0, 0.1) is 11.3 Å². The molecule has 0 bridgehead atoms. The number of nitriles is 1. The Morgan fingerprint density at radius 3 is 2.26 bits per heavy atom. The normalized spacial score (nSPS) is 15.1. The second-order valence-electron chi connectivity index (χ2n) is 8.06. The lowest BCUT2D eigenvalue weighted by atomic mass is 10.1. The summed E-state index contributed by atoms with van der Waals surface area (Å²) in [6, 6.07) is 20.1. The van der Waals surface area contributed by atoms with Gasteiger partial charge in [0.25, 0.3) is 0 Å². The minimum Gasteiger partial charge on any atom is -0.301 e. The zero-order valence-corrected chi connectivity index (χ0v) is 17.9. The zero-order chi connectivity index (χ0) is 21.3. The molecule has 2 heterocycles. The molecule has 0 spiro atoms. The topological polar surface area (TPSA) is 73.9 Å². The molecule has 0 amide bonds. The Labute approximate surface area is 183 Å². The zero-order valence-electron chi connectivity index (χ0n) is 17.9. The van der Waals surface area contributed by atoms with Crippen molar-refractivity contribution in [3.63, 3.8) is 0 Å². The number of aryl methyl sites for hydroxylation is 1. The van der Waals surface area contributed by atoms with Gasteiger partial charge in [-0.15, -0.1) is 10.2 Å². The van der Waals surface area contributed by atoms with Gasteiger partial charge in [-0.3, -0.25) is 4.90 Å². The largest absolute Gasteiger partial charge is 0.301 e. The van der Waals surface area contributed by atoms with Gasteiger partial charge in [-0.05, 0) is 42.3 Å². The summed E-state index contributed by atoms with van der Waals surface area (Å²) < 4.78 is 0. The molecule has 160 valence electrons. The monoisotopic (exact) mass is 415 g/mol. The smallest absolute Gasteiger partial charge is 0.204 e. The first-order chi connectivity index (χ1) is 15.3. The lowest BCUT2D eigenvalue weighted by Gasteiger charge is -2.34. The number of aromatic nitrogens is 4. The lowest BCUT2D eigenvalue weighted by molar-refractivity contribution is 0.125. The third-order valence-corrected chi connectivity index (χ3v) is 5.77. The van der Waals surface area contributed by atoms with Crippen LogP contribution in [0.3, 0.4) is 0 Å². The Bertz CT molecular complexity index is 967. The highest BCUT2D eigenvalue weighted by molar-refractivity contribution is 5.52. The van der Waals surface area contributed by atoms with E-state index in [1.54, 1.807) is 4.80 Å². The van der Waals surface area contributed by atoms with E-state index < -0.39 is 0 Å². The number of tetrazole rings is 1. The van der Waals surface area contributed by atoms with E-state index in [1.165, 1.54) is 18.4 Å². The van der Waals surface area contributed by atoms with E-state index in [1.807, 2.05) is 42.5 Å². The molecule has 0 N–H and O–H groups in total. The van der Waals surface area contributed by atoms with Crippen molar-refractivity contribution in [3.05, 3.63) is 65.7 Å². The summed E-state index contributed by atoms with van der Waals surface area (Å²) in [5.41, 5.74) is 3.02. The second-order valence-corrected chi connectivity index (χ2v) is 8.06. The van der Waals surface area contributed by atoms with E-state index in [2.05, 4.69) is 43.4 Å². The quantitative estimate of drug-likeness (QED) is 0.500. The van der Waals surface area contributed by atoms with Crippen LogP contribution in [0.25, 0.3) is 11.4 Å². The third kappa shape index (κ3) is 6.20. The first-order valence-electron chi connectivity index (χ1n) is 11.1. The average Bonchev–Trinajstić information content (AvgIpc) is 3.30. The van der Waals surface area contributed by atoms with Crippen molar-refractivity contribution in [1.82, 2.24) is 30.0 Å². The molecule has 4 rings (SSSR count). The highest BCUT2D eigenvalue weighted by Crippen LogP contribution is 2.13. The molecule has 7 nitrogen and oxygen atoms in total. The first kappa shape index (κ1) is 21.2. The Hall–Kier alpha value is -3.08. The maximum Gasteiger partial charge on any atom is 0.204 e. The lowest BCUT2D eigenvalue weighted by Crippen LogP contribution is -2.46. The van der Waals surface area contributed by atoms with Crippen LogP contribution in [0.1, 0.15) is 30.4 Å². The van der Waals surface area contributed by atoms with Crippen LogP contribution >= 0.6 is 0 Å². The summed E-state index contributed by atoms with van der Waals surface area (Å²) >= 11 is 0. The molecule has 1 aromatic heterocycles. The van der Waals surface area contributed by atoms with Crippen molar-refractivity contribution in [3.8, 4) is 17.5 Å². The SMILES string of the molecule is N#Cc1ccc(CN2CCN(CCCCCn3nnc(-c4ccccc4)n3)CC2)cc1. The Kier molecular flexibility index (Phi) is 7.37. The van der Waals surface area contributed by atoms with Gasteiger partial charge in [0.1, 0.15) is 0 Å². The van der Waals surface area contributed by atoms with Crippen LogP contribution in [-0.4, -0.2) is 62.7 Å². The van der Waals surface area contributed by atoms with Gasteiger partial charge in [-0.1, -0.05) is 48.9 Å². The van der Waals surface area contributed by atoms with Crippen LogP contribution in [0.15, 0.2) is 54.6 Å². The molecule has 1 saturated heterocycles. The van der Waals surface area contributed by atoms with Gasteiger partial charge in [0.05, 0.1) is 18.2 Å². The molecule has 7 heteroatoms. The molecule has 0 radical (unpaired) electrons. The van der Waals surface area contributed by atoms with Crippen LogP contribution < -0.4 is 0 Å². The fourth-order valence-electron chi connectivity index (χ4n) is 3.92. The van der Waals surface area contributed by atoms with Gasteiger partial charge in [0, 0.05) is 38.3 Å². The van der Waals surface area contributed by atoms with Gasteiger partial charge in [0.15, 0.2) is 0 Å². The van der Waals surface area contributed by atoms with E-state index in [-0.39, 0.29) is 0 Å². The van der Waals surface area contributed by atoms with Crippen molar-refractivity contribution in [2.24, 2.45) is 0 Å². The molecule has 0 saturated carbocycles. The van der Waals surface area contributed by atoms with E-state index in [4.69, 9.17) is 5.26 Å². The van der Waals surface area contributed by atoms with Crippen LogP contribution in [0.5, 0.6) is 0 Å². The number of unbranched alkanes of at least 4 members (excludes halogenated alkanes) is 2. The number of piperazine rings is 1. The molecule has 0 unspecified atom stereocenters. The van der Waals surface area contributed by atoms with Crippen LogP contribution in [0.4, 0.5) is 0 Å². The van der Waals surface area contributed by atoms with Gasteiger partial charge in [-0.2, -0.15) is 10.1 Å². The highest BCUT2D eigenvalue weighted by atomic mass is 15.6. The molecule has 31 heavy (non-hydrogen) atoms. The molecule has 3 aromatic rings. The van der Waals surface area contributed by atoms with Crippen molar-refractivity contribution < 1.29 is 0 Å². The van der Waals surface area contributed by atoms with Crippen molar-refractivity contribution >= 4 is 0 Å². The van der Waals surface area contributed by atoms with E-state index in [9.17, 15) is 0 Å². The maximum absolute atomic E-state index is 8.91. The molecular weight excluding hydrogens is 386 g/mol. The number of hydrogen-bond donors (Lipinski definition) is 0. The molecule has 1 aliphatic heterocycles. The molecular formula is C24H29N7. The number of hydrogen-bond acceptors (Lipinski definition) is 6. The minimum absolute atomic E-state index is 0.694. The van der Waals surface area contributed by atoms with Gasteiger partial charge in [-0.25, -0.2) is 0 Å². The van der Waals surface area contributed by atoms with Gasteiger partial charge >= 0.3 is 0 Å². The van der Waals surface area contributed by atoms with Crippen molar-refractivity contribution in [1.29, 1.82) is 5.26 Å². The number of rotatable bonds is 9. The molecule has 1 fully saturated rings. The van der Waals surface area contributed by atoms with E-state index >= 15 is 0 Å². The molecule has 1 aliphatic rings. The van der Waals surface area contributed by atoms with E-state index in [0.717, 1.165) is 63.4 Å². The summed E-state index contributed by atoms with van der Waals surface area (Å²) in [6.45, 7) is 7.40.